The number of para-hydroxylation sites is 1. The molecular weight excluding hydrogens is 367 g/mol. The van der Waals surface area contributed by atoms with Crippen molar-refractivity contribution in [3.8, 4) is 0 Å². The number of nitrogens with zero attached hydrogens (tertiary/aromatic N) is 1. The van der Waals surface area contributed by atoms with Gasteiger partial charge >= 0.3 is 5.97 Å². The molecule has 0 spiro atoms. The normalized spacial score (nSPS) is 12.0. The van der Waals surface area contributed by atoms with Crippen molar-refractivity contribution in [2.45, 2.75) is 13.0 Å². The molecule has 0 bridgehead atoms. The van der Waals surface area contributed by atoms with Gasteiger partial charge in [-0.25, -0.2) is 9.78 Å². The molecule has 1 aromatic heterocycles. The maximum absolute atomic E-state index is 12.3. The molecule has 8 heteroatoms. The number of benzene rings is 2. The number of rotatable bonds is 4. The number of esters is 1. The van der Waals surface area contributed by atoms with E-state index in [0.29, 0.717) is 21.8 Å². The predicted octanol–water partition coefficient (Wildman–Crippen LogP) is 4.32. The fraction of sp³-hybridized carbons (Fsp3) is 0.118. The molecule has 0 saturated carbocycles. The Kier molecular flexibility index (Phi) is 4.92. The van der Waals surface area contributed by atoms with E-state index in [-0.39, 0.29) is 10.6 Å². The van der Waals surface area contributed by atoms with E-state index in [0.717, 1.165) is 0 Å². The molecule has 25 heavy (non-hydrogen) atoms. The van der Waals surface area contributed by atoms with Crippen molar-refractivity contribution in [3.05, 3.63) is 58.4 Å². The molecule has 128 valence electrons. The molecule has 0 aliphatic heterocycles. The fourth-order valence-corrected chi connectivity index (χ4v) is 2.51. The number of aromatic nitrogens is 1. The highest BCUT2D eigenvalue weighted by atomic mass is 35.5. The van der Waals surface area contributed by atoms with E-state index >= 15 is 0 Å². The van der Waals surface area contributed by atoms with Crippen LogP contribution < -0.4 is 5.32 Å². The van der Waals surface area contributed by atoms with Crippen LogP contribution in [0.2, 0.25) is 10.0 Å². The third-order valence-corrected chi connectivity index (χ3v) is 4.26. The molecule has 0 fully saturated rings. The summed E-state index contributed by atoms with van der Waals surface area (Å²) in [7, 11) is 0. The fourth-order valence-electron chi connectivity index (χ4n) is 2.16. The Labute approximate surface area is 152 Å². The summed E-state index contributed by atoms with van der Waals surface area (Å²) in [6.07, 6.45) is 0.184. The first kappa shape index (κ1) is 17.3. The van der Waals surface area contributed by atoms with E-state index < -0.39 is 18.0 Å². The molecule has 0 saturated heterocycles. The van der Waals surface area contributed by atoms with Gasteiger partial charge in [-0.1, -0.05) is 35.3 Å². The number of anilines is 1. The zero-order chi connectivity index (χ0) is 18.0. The number of halogens is 2. The van der Waals surface area contributed by atoms with Crippen LogP contribution in [0.5, 0.6) is 0 Å². The van der Waals surface area contributed by atoms with E-state index in [9.17, 15) is 9.59 Å². The molecular formula is C17H12Cl2N2O4. The largest absolute Gasteiger partial charge is 0.449 e. The van der Waals surface area contributed by atoms with Gasteiger partial charge in [0.25, 0.3) is 5.91 Å². The van der Waals surface area contributed by atoms with Crippen LogP contribution in [0.1, 0.15) is 17.3 Å². The Morgan fingerprint density at radius 3 is 2.76 bits per heavy atom. The first-order chi connectivity index (χ1) is 12.0. The van der Waals surface area contributed by atoms with Crippen molar-refractivity contribution >= 4 is 51.9 Å². The van der Waals surface area contributed by atoms with E-state index in [2.05, 4.69) is 10.3 Å². The maximum atomic E-state index is 12.3. The second-order valence-corrected chi connectivity index (χ2v) is 5.93. The van der Waals surface area contributed by atoms with Crippen LogP contribution in [0.4, 0.5) is 5.69 Å². The number of hydrogen-bond donors (Lipinski definition) is 1. The Morgan fingerprint density at radius 1 is 1.20 bits per heavy atom. The van der Waals surface area contributed by atoms with Crippen LogP contribution >= 0.6 is 23.2 Å². The first-order valence-corrected chi connectivity index (χ1v) is 8.01. The number of ether oxygens (including phenoxy) is 1. The predicted molar refractivity (Wildman–Crippen MR) is 94.0 cm³/mol. The summed E-state index contributed by atoms with van der Waals surface area (Å²) < 4.78 is 10.3. The minimum atomic E-state index is -1.05. The van der Waals surface area contributed by atoms with Gasteiger partial charge in [-0.05, 0) is 31.2 Å². The van der Waals surface area contributed by atoms with E-state index in [1.807, 2.05) is 0 Å². The molecule has 3 aromatic rings. The second kappa shape index (κ2) is 7.13. The summed E-state index contributed by atoms with van der Waals surface area (Å²) in [5.41, 5.74) is 1.38. The van der Waals surface area contributed by atoms with Gasteiger partial charge in [0.05, 0.1) is 21.3 Å². The third-order valence-electron chi connectivity index (χ3n) is 3.44. The van der Waals surface area contributed by atoms with Crippen molar-refractivity contribution in [2.24, 2.45) is 0 Å². The molecule has 1 atom stereocenters. The van der Waals surface area contributed by atoms with Crippen LogP contribution in [-0.2, 0) is 9.53 Å². The molecule has 1 amide bonds. The first-order valence-electron chi connectivity index (χ1n) is 7.25. The van der Waals surface area contributed by atoms with Crippen LogP contribution in [0.15, 0.2) is 47.2 Å². The smallest absolute Gasteiger partial charge is 0.341 e. The molecule has 1 unspecified atom stereocenters. The maximum Gasteiger partial charge on any atom is 0.341 e. The minimum absolute atomic E-state index is 0.211. The number of fused-ring (bicyclic) bond motifs is 1. The number of carbonyl (C=O) groups is 2. The van der Waals surface area contributed by atoms with E-state index in [4.69, 9.17) is 32.4 Å². The lowest BCUT2D eigenvalue weighted by Gasteiger charge is -2.14. The van der Waals surface area contributed by atoms with Crippen molar-refractivity contribution < 1.29 is 18.7 Å². The Hall–Kier alpha value is -2.57. The zero-order valence-electron chi connectivity index (χ0n) is 13.0. The highest BCUT2D eigenvalue weighted by Gasteiger charge is 2.22. The molecule has 2 aromatic carbocycles. The van der Waals surface area contributed by atoms with Crippen LogP contribution in [-0.4, -0.2) is 23.0 Å². The summed E-state index contributed by atoms with van der Waals surface area (Å²) in [6, 6.07) is 9.70. The van der Waals surface area contributed by atoms with Gasteiger partial charge < -0.3 is 14.5 Å². The molecule has 0 aliphatic carbocycles. The SMILES string of the molecule is CC(OC(=O)c1cccc2ocnc12)C(=O)Nc1cccc(Cl)c1Cl. The van der Waals surface area contributed by atoms with Gasteiger partial charge in [0, 0.05) is 0 Å². The lowest BCUT2D eigenvalue weighted by Crippen LogP contribution is -2.30. The Balaban J connectivity index is 1.72. The van der Waals surface area contributed by atoms with Crippen molar-refractivity contribution in [1.29, 1.82) is 0 Å². The van der Waals surface area contributed by atoms with Gasteiger partial charge in [-0.2, -0.15) is 0 Å². The summed E-state index contributed by atoms with van der Waals surface area (Å²) in [5.74, 6) is -1.22. The number of oxazole rings is 1. The van der Waals surface area contributed by atoms with Crippen molar-refractivity contribution in [3.63, 3.8) is 0 Å². The number of amides is 1. The van der Waals surface area contributed by atoms with Gasteiger partial charge in [0.2, 0.25) is 0 Å². The van der Waals surface area contributed by atoms with Crippen LogP contribution in [0.25, 0.3) is 11.1 Å². The average Bonchev–Trinajstić information content (AvgIpc) is 3.07. The second-order valence-electron chi connectivity index (χ2n) is 5.14. The number of carbonyl (C=O) groups excluding carboxylic acids is 2. The summed E-state index contributed by atoms with van der Waals surface area (Å²) >= 11 is 11.9. The summed E-state index contributed by atoms with van der Waals surface area (Å²) in [6.45, 7) is 1.45. The highest BCUT2D eigenvalue weighted by Crippen LogP contribution is 2.29. The lowest BCUT2D eigenvalue weighted by atomic mass is 10.2. The van der Waals surface area contributed by atoms with Gasteiger partial charge in [0.15, 0.2) is 18.1 Å². The number of nitrogens with one attached hydrogen (secondary N) is 1. The van der Waals surface area contributed by atoms with Crippen LogP contribution in [0, 0.1) is 0 Å². The lowest BCUT2D eigenvalue weighted by molar-refractivity contribution is -0.123. The highest BCUT2D eigenvalue weighted by molar-refractivity contribution is 6.44. The quantitative estimate of drug-likeness (QED) is 0.683. The molecule has 0 aliphatic rings. The Morgan fingerprint density at radius 2 is 1.96 bits per heavy atom. The van der Waals surface area contributed by atoms with Crippen molar-refractivity contribution in [1.82, 2.24) is 4.98 Å². The zero-order valence-corrected chi connectivity index (χ0v) is 14.5. The molecule has 0 radical (unpaired) electrons. The van der Waals surface area contributed by atoms with E-state index in [1.54, 1.807) is 36.4 Å². The molecule has 6 nitrogen and oxygen atoms in total. The monoisotopic (exact) mass is 378 g/mol. The summed E-state index contributed by atoms with van der Waals surface area (Å²) in [5, 5.41) is 3.09. The summed E-state index contributed by atoms with van der Waals surface area (Å²) in [4.78, 5) is 28.5. The molecule has 3 rings (SSSR count). The standard InChI is InChI=1S/C17H12Cl2N2O4/c1-9(16(22)21-12-6-3-5-11(18)14(12)19)25-17(23)10-4-2-7-13-15(10)20-8-24-13/h2-9H,1H3,(H,21,22). The Bertz CT molecular complexity index is 955. The van der Waals surface area contributed by atoms with Gasteiger partial charge in [-0.15, -0.1) is 0 Å². The third kappa shape index (κ3) is 3.60. The van der Waals surface area contributed by atoms with Crippen molar-refractivity contribution in [2.75, 3.05) is 5.32 Å². The minimum Gasteiger partial charge on any atom is -0.449 e. The average molecular weight is 379 g/mol. The van der Waals surface area contributed by atoms with Gasteiger partial charge in [-0.3, -0.25) is 4.79 Å². The van der Waals surface area contributed by atoms with Crippen LogP contribution in [0.3, 0.4) is 0 Å². The van der Waals surface area contributed by atoms with Gasteiger partial charge in [0.1, 0.15) is 5.52 Å². The molecule has 1 heterocycles. The molecule has 1 N–H and O–H groups in total. The number of hydrogen-bond acceptors (Lipinski definition) is 5. The topological polar surface area (TPSA) is 81.4 Å². The van der Waals surface area contributed by atoms with E-state index in [1.165, 1.54) is 13.3 Å².